The van der Waals surface area contributed by atoms with Gasteiger partial charge in [0, 0.05) is 17.9 Å². The summed E-state index contributed by atoms with van der Waals surface area (Å²) in [7, 11) is -3.17. The summed E-state index contributed by atoms with van der Waals surface area (Å²) < 4.78 is 25.4. The lowest BCUT2D eigenvalue weighted by Gasteiger charge is -2.18. The van der Waals surface area contributed by atoms with Gasteiger partial charge in [0.05, 0.1) is 5.75 Å². The second kappa shape index (κ2) is 4.33. The maximum absolute atomic E-state index is 11.4. The Morgan fingerprint density at radius 1 is 1.44 bits per heavy atom. The van der Waals surface area contributed by atoms with Crippen LogP contribution in [0.5, 0.6) is 0 Å². The van der Waals surface area contributed by atoms with Gasteiger partial charge in [0.25, 0.3) is 0 Å². The summed E-state index contributed by atoms with van der Waals surface area (Å²) in [6.07, 6.45) is 2.10. The molecular weight excluding hydrogens is 224 g/mol. The topological polar surface area (TPSA) is 58.2 Å². The first kappa shape index (κ1) is 11.3. The quantitative estimate of drug-likeness (QED) is 0.847. The van der Waals surface area contributed by atoms with Gasteiger partial charge < -0.3 is 5.32 Å². The van der Waals surface area contributed by atoms with Crippen molar-refractivity contribution in [3.8, 4) is 0 Å². The largest absolute Gasteiger partial charge is 0.385 e. The smallest absolute Gasteiger partial charge is 0.232 e. The summed E-state index contributed by atoms with van der Waals surface area (Å²) in [5, 5.41) is 3.29. The van der Waals surface area contributed by atoms with E-state index in [1.54, 1.807) is 13.0 Å². The molecule has 1 aromatic carbocycles. The number of hydrogen-bond donors (Lipinski definition) is 2. The van der Waals surface area contributed by atoms with Crippen molar-refractivity contribution in [3.63, 3.8) is 0 Å². The van der Waals surface area contributed by atoms with E-state index in [2.05, 4.69) is 10.0 Å². The van der Waals surface area contributed by atoms with Crippen molar-refractivity contribution in [2.75, 3.05) is 22.3 Å². The molecule has 1 aliphatic rings. The lowest BCUT2D eigenvalue weighted by Crippen LogP contribution is -2.16. The maximum atomic E-state index is 11.4. The van der Waals surface area contributed by atoms with Crippen molar-refractivity contribution in [1.82, 2.24) is 0 Å². The lowest BCUT2D eigenvalue weighted by molar-refractivity contribution is 0.602. The normalized spacial score (nSPS) is 15.1. The van der Waals surface area contributed by atoms with E-state index in [0.29, 0.717) is 5.69 Å². The Kier molecular flexibility index (Phi) is 3.05. The standard InChI is InChI=1S/C11H16N2O2S/c1-2-16(14,15)13-10-5-6-11-9(8-10)4-3-7-12-11/h5-6,8,12-13H,2-4,7H2,1H3. The highest BCUT2D eigenvalue weighted by Crippen LogP contribution is 2.25. The summed E-state index contributed by atoms with van der Waals surface area (Å²) in [6.45, 7) is 2.62. The van der Waals surface area contributed by atoms with E-state index in [0.717, 1.165) is 25.1 Å². The molecular formula is C11H16N2O2S. The zero-order valence-corrected chi connectivity index (χ0v) is 10.1. The molecule has 2 rings (SSSR count). The molecule has 2 N–H and O–H groups in total. The van der Waals surface area contributed by atoms with Crippen molar-refractivity contribution in [2.45, 2.75) is 19.8 Å². The van der Waals surface area contributed by atoms with Gasteiger partial charge in [-0.15, -0.1) is 0 Å². The SMILES string of the molecule is CCS(=O)(=O)Nc1ccc2c(c1)CCCN2. The molecule has 0 atom stereocenters. The molecule has 0 bridgehead atoms. The average molecular weight is 240 g/mol. The van der Waals surface area contributed by atoms with Crippen LogP contribution < -0.4 is 10.0 Å². The Morgan fingerprint density at radius 3 is 3.00 bits per heavy atom. The lowest BCUT2D eigenvalue weighted by atomic mass is 10.0. The number of sulfonamides is 1. The number of fused-ring (bicyclic) bond motifs is 1. The highest BCUT2D eigenvalue weighted by atomic mass is 32.2. The van der Waals surface area contributed by atoms with E-state index in [1.807, 2.05) is 12.1 Å². The van der Waals surface area contributed by atoms with E-state index < -0.39 is 10.0 Å². The predicted molar refractivity (Wildman–Crippen MR) is 66.3 cm³/mol. The van der Waals surface area contributed by atoms with Crippen molar-refractivity contribution in [1.29, 1.82) is 0 Å². The molecule has 0 saturated carbocycles. The first-order valence-corrected chi connectivity index (χ1v) is 7.13. The van der Waals surface area contributed by atoms with Crippen molar-refractivity contribution >= 4 is 21.4 Å². The maximum Gasteiger partial charge on any atom is 0.232 e. The molecule has 16 heavy (non-hydrogen) atoms. The van der Waals surface area contributed by atoms with E-state index in [-0.39, 0.29) is 5.75 Å². The van der Waals surface area contributed by atoms with Gasteiger partial charge >= 0.3 is 0 Å². The molecule has 1 heterocycles. The van der Waals surface area contributed by atoms with Crippen LogP contribution in [0.1, 0.15) is 18.9 Å². The molecule has 88 valence electrons. The minimum atomic E-state index is -3.17. The molecule has 0 radical (unpaired) electrons. The number of rotatable bonds is 3. The predicted octanol–water partition coefficient (Wildman–Crippen LogP) is 1.81. The third-order valence-electron chi connectivity index (χ3n) is 2.70. The van der Waals surface area contributed by atoms with Crippen molar-refractivity contribution < 1.29 is 8.42 Å². The minimum Gasteiger partial charge on any atom is -0.385 e. The Morgan fingerprint density at radius 2 is 2.25 bits per heavy atom. The molecule has 1 aliphatic heterocycles. The van der Waals surface area contributed by atoms with E-state index >= 15 is 0 Å². The molecule has 0 aromatic heterocycles. The van der Waals surface area contributed by atoms with E-state index in [9.17, 15) is 8.42 Å². The first-order chi connectivity index (χ1) is 7.61. The highest BCUT2D eigenvalue weighted by molar-refractivity contribution is 7.92. The van der Waals surface area contributed by atoms with Crippen molar-refractivity contribution in [3.05, 3.63) is 23.8 Å². The molecule has 0 fully saturated rings. The number of anilines is 2. The first-order valence-electron chi connectivity index (χ1n) is 5.48. The van der Waals surface area contributed by atoms with Gasteiger partial charge in [0.15, 0.2) is 0 Å². The summed E-state index contributed by atoms with van der Waals surface area (Å²) >= 11 is 0. The van der Waals surface area contributed by atoms with Crippen LogP contribution in [0.2, 0.25) is 0 Å². The molecule has 4 nitrogen and oxygen atoms in total. The van der Waals surface area contributed by atoms with Gasteiger partial charge in [-0.2, -0.15) is 0 Å². The fourth-order valence-corrected chi connectivity index (χ4v) is 2.42. The van der Waals surface area contributed by atoms with Crippen LogP contribution in [0.25, 0.3) is 0 Å². The van der Waals surface area contributed by atoms with Crippen LogP contribution >= 0.6 is 0 Å². The van der Waals surface area contributed by atoms with Crippen LogP contribution in [0, 0.1) is 0 Å². The van der Waals surface area contributed by atoms with Gasteiger partial charge in [0.1, 0.15) is 0 Å². The van der Waals surface area contributed by atoms with Gasteiger partial charge in [-0.25, -0.2) is 8.42 Å². The van der Waals surface area contributed by atoms with Gasteiger partial charge in [0.2, 0.25) is 10.0 Å². The fourth-order valence-electron chi connectivity index (χ4n) is 1.79. The minimum absolute atomic E-state index is 0.0995. The number of nitrogens with one attached hydrogen (secondary N) is 2. The third-order valence-corrected chi connectivity index (χ3v) is 4.00. The molecule has 0 amide bonds. The van der Waals surface area contributed by atoms with Crippen LogP contribution in [-0.2, 0) is 16.4 Å². The van der Waals surface area contributed by atoms with Crippen LogP contribution in [0.4, 0.5) is 11.4 Å². The Hall–Kier alpha value is -1.23. The fraction of sp³-hybridized carbons (Fsp3) is 0.455. The zero-order chi connectivity index (χ0) is 11.6. The Labute approximate surface area is 96.1 Å². The van der Waals surface area contributed by atoms with E-state index in [4.69, 9.17) is 0 Å². The highest BCUT2D eigenvalue weighted by Gasteiger charge is 2.11. The molecule has 5 heteroatoms. The summed E-state index contributed by atoms with van der Waals surface area (Å²) in [5.41, 5.74) is 2.96. The molecule has 0 saturated heterocycles. The average Bonchev–Trinajstić information content (AvgIpc) is 2.28. The monoisotopic (exact) mass is 240 g/mol. The third kappa shape index (κ3) is 2.47. The second-order valence-electron chi connectivity index (χ2n) is 3.91. The van der Waals surface area contributed by atoms with Gasteiger partial charge in [-0.05, 0) is 43.5 Å². The summed E-state index contributed by atoms with van der Waals surface area (Å²) in [6, 6.07) is 5.64. The Balaban J connectivity index is 2.24. The summed E-state index contributed by atoms with van der Waals surface area (Å²) in [4.78, 5) is 0. The summed E-state index contributed by atoms with van der Waals surface area (Å²) in [5.74, 6) is 0.0995. The van der Waals surface area contributed by atoms with Crippen LogP contribution in [0.15, 0.2) is 18.2 Å². The van der Waals surface area contributed by atoms with Crippen molar-refractivity contribution in [2.24, 2.45) is 0 Å². The number of aryl methyl sites for hydroxylation is 1. The van der Waals surface area contributed by atoms with Gasteiger partial charge in [-0.1, -0.05) is 0 Å². The Bertz CT molecular complexity index is 483. The van der Waals surface area contributed by atoms with E-state index in [1.165, 1.54) is 5.56 Å². The molecule has 0 aliphatic carbocycles. The van der Waals surface area contributed by atoms with Gasteiger partial charge in [-0.3, -0.25) is 4.72 Å². The van der Waals surface area contributed by atoms with Crippen LogP contribution in [-0.4, -0.2) is 20.7 Å². The second-order valence-corrected chi connectivity index (χ2v) is 5.92. The van der Waals surface area contributed by atoms with Crippen LogP contribution in [0.3, 0.4) is 0 Å². The zero-order valence-electron chi connectivity index (χ0n) is 9.29. The molecule has 0 unspecified atom stereocenters. The molecule has 1 aromatic rings. The molecule has 0 spiro atoms. The number of benzene rings is 1. The number of hydrogen-bond acceptors (Lipinski definition) is 3.